The van der Waals surface area contributed by atoms with Gasteiger partial charge in [-0.25, -0.2) is 4.79 Å². The van der Waals surface area contributed by atoms with Gasteiger partial charge in [0.1, 0.15) is 0 Å². The van der Waals surface area contributed by atoms with E-state index >= 15 is 0 Å². The van der Waals surface area contributed by atoms with E-state index in [9.17, 15) is 9.90 Å². The normalized spacial score (nSPS) is 17.7. The quantitative estimate of drug-likeness (QED) is 0.481. The number of aliphatic hydroxyl groups is 1. The SMILES string of the molecule is O=C(NC1CCc2[nH]ncc2C1)NC(CO)Cc1c[nH]c2ccccc12. The average molecular weight is 353 g/mol. The fourth-order valence-electron chi connectivity index (χ4n) is 3.68. The lowest BCUT2D eigenvalue weighted by Crippen LogP contribution is -2.49. The van der Waals surface area contributed by atoms with Crippen LogP contribution in [0, 0.1) is 0 Å². The number of nitrogens with one attached hydrogen (secondary N) is 4. The molecule has 2 unspecified atom stereocenters. The van der Waals surface area contributed by atoms with Crippen LogP contribution in [0.15, 0.2) is 36.7 Å². The molecule has 7 nitrogen and oxygen atoms in total. The smallest absolute Gasteiger partial charge is 0.315 e. The number of carbonyl (C=O) groups excluding carboxylic acids is 1. The average Bonchev–Trinajstić information content (AvgIpc) is 3.28. The van der Waals surface area contributed by atoms with Crippen LogP contribution in [0.5, 0.6) is 0 Å². The Kier molecular flexibility index (Phi) is 4.62. The van der Waals surface area contributed by atoms with Gasteiger partial charge in [0, 0.05) is 28.8 Å². The number of aromatic nitrogens is 3. The first-order valence-electron chi connectivity index (χ1n) is 8.97. The summed E-state index contributed by atoms with van der Waals surface area (Å²) in [6, 6.07) is 7.55. The molecule has 1 aliphatic carbocycles. The molecule has 0 bridgehead atoms. The van der Waals surface area contributed by atoms with E-state index < -0.39 is 0 Å². The first-order chi connectivity index (χ1) is 12.7. The maximum atomic E-state index is 12.4. The summed E-state index contributed by atoms with van der Waals surface area (Å²) >= 11 is 0. The number of aromatic amines is 2. The lowest BCUT2D eigenvalue weighted by molar-refractivity contribution is 0.212. The minimum atomic E-state index is -0.331. The molecular weight excluding hydrogens is 330 g/mol. The highest BCUT2D eigenvalue weighted by atomic mass is 16.3. The number of urea groups is 1. The molecule has 0 saturated carbocycles. The van der Waals surface area contributed by atoms with Crippen molar-refractivity contribution in [3.63, 3.8) is 0 Å². The topological polar surface area (TPSA) is 106 Å². The molecule has 7 heteroatoms. The predicted molar refractivity (Wildman–Crippen MR) is 98.9 cm³/mol. The highest BCUT2D eigenvalue weighted by Gasteiger charge is 2.22. The number of aliphatic hydroxyl groups excluding tert-OH is 1. The number of hydrogen-bond donors (Lipinski definition) is 5. The van der Waals surface area contributed by atoms with Gasteiger partial charge in [0.25, 0.3) is 0 Å². The Morgan fingerprint density at radius 3 is 3.15 bits per heavy atom. The first-order valence-corrected chi connectivity index (χ1v) is 8.97. The molecule has 2 aromatic heterocycles. The summed E-state index contributed by atoms with van der Waals surface area (Å²) in [5, 5.41) is 23.8. The van der Waals surface area contributed by atoms with Crippen LogP contribution in [0.3, 0.4) is 0 Å². The second kappa shape index (κ2) is 7.21. The molecule has 0 radical (unpaired) electrons. The minimum Gasteiger partial charge on any atom is -0.394 e. The van der Waals surface area contributed by atoms with Gasteiger partial charge in [-0.05, 0) is 42.9 Å². The van der Waals surface area contributed by atoms with Crippen LogP contribution >= 0.6 is 0 Å². The number of H-pyrrole nitrogens is 2. The van der Waals surface area contributed by atoms with Crippen molar-refractivity contribution in [2.24, 2.45) is 0 Å². The van der Waals surface area contributed by atoms with Gasteiger partial charge in [-0.2, -0.15) is 5.10 Å². The molecule has 2 amide bonds. The number of aryl methyl sites for hydroxylation is 1. The van der Waals surface area contributed by atoms with Crippen molar-refractivity contribution in [3.8, 4) is 0 Å². The van der Waals surface area contributed by atoms with Gasteiger partial charge >= 0.3 is 6.03 Å². The van der Waals surface area contributed by atoms with Crippen LogP contribution in [0.1, 0.15) is 23.2 Å². The van der Waals surface area contributed by atoms with E-state index in [-0.39, 0.29) is 24.7 Å². The number of benzene rings is 1. The molecule has 26 heavy (non-hydrogen) atoms. The summed E-state index contributed by atoms with van der Waals surface area (Å²) in [6.07, 6.45) is 6.90. The van der Waals surface area contributed by atoms with Gasteiger partial charge in [0.2, 0.25) is 0 Å². The van der Waals surface area contributed by atoms with E-state index in [0.717, 1.165) is 41.4 Å². The molecule has 0 spiro atoms. The van der Waals surface area contributed by atoms with E-state index in [2.05, 4.69) is 25.8 Å². The van der Waals surface area contributed by atoms with E-state index in [0.29, 0.717) is 6.42 Å². The Morgan fingerprint density at radius 2 is 2.27 bits per heavy atom. The maximum Gasteiger partial charge on any atom is 0.315 e. The van der Waals surface area contributed by atoms with E-state index in [4.69, 9.17) is 0 Å². The zero-order valence-corrected chi connectivity index (χ0v) is 14.5. The Labute approximate surface area is 151 Å². The fraction of sp³-hybridized carbons (Fsp3) is 0.368. The summed E-state index contributed by atoms with van der Waals surface area (Å²) in [4.78, 5) is 15.6. The largest absolute Gasteiger partial charge is 0.394 e. The highest BCUT2D eigenvalue weighted by molar-refractivity contribution is 5.83. The molecule has 2 atom stereocenters. The number of fused-ring (bicyclic) bond motifs is 2. The number of hydrogen-bond acceptors (Lipinski definition) is 3. The second-order valence-electron chi connectivity index (χ2n) is 6.87. The Hall–Kier alpha value is -2.80. The molecule has 136 valence electrons. The van der Waals surface area contributed by atoms with Crippen molar-refractivity contribution in [1.29, 1.82) is 0 Å². The second-order valence-corrected chi connectivity index (χ2v) is 6.87. The Balaban J connectivity index is 1.35. The third-order valence-electron chi connectivity index (χ3n) is 5.05. The number of nitrogens with zero attached hydrogens (tertiary/aromatic N) is 1. The lowest BCUT2D eigenvalue weighted by atomic mass is 9.94. The Morgan fingerprint density at radius 1 is 1.38 bits per heavy atom. The summed E-state index contributed by atoms with van der Waals surface area (Å²) in [5.74, 6) is 0. The van der Waals surface area contributed by atoms with Gasteiger partial charge in [-0.1, -0.05) is 18.2 Å². The molecule has 0 aliphatic heterocycles. The molecule has 0 saturated heterocycles. The van der Waals surface area contributed by atoms with Crippen LogP contribution in [0.4, 0.5) is 4.79 Å². The summed E-state index contributed by atoms with van der Waals surface area (Å²) in [5.41, 5.74) is 4.47. The van der Waals surface area contributed by atoms with Crippen LogP contribution in [0.25, 0.3) is 10.9 Å². The van der Waals surface area contributed by atoms with Crippen LogP contribution in [-0.2, 0) is 19.3 Å². The molecule has 1 aromatic carbocycles. The number of rotatable bonds is 5. The molecule has 4 rings (SSSR count). The summed E-state index contributed by atoms with van der Waals surface area (Å²) < 4.78 is 0. The van der Waals surface area contributed by atoms with Gasteiger partial charge in [0.05, 0.1) is 18.8 Å². The van der Waals surface area contributed by atoms with Crippen molar-refractivity contribution in [1.82, 2.24) is 25.8 Å². The zero-order valence-electron chi connectivity index (χ0n) is 14.5. The molecule has 2 heterocycles. The monoisotopic (exact) mass is 353 g/mol. The van der Waals surface area contributed by atoms with Crippen LogP contribution in [0.2, 0.25) is 0 Å². The van der Waals surface area contributed by atoms with Gasteiger partial charge < -0.3 is 20.7 Å². The number of carbonyl (C=O) groups is 1. The molecular formula is C19H23N5O2. The third kappa shape index (κ3) is 3.43. The van der Waals surface area contributed by atoms with Crippen molar-refractivity contribution in [2.45, 2.75) is 37.8 Å². The van der Waals surface area contributed by atoms with E-state index in [1.54, 1.807) is 0 Å². The van der Waals surface area contributed by atoms with Crippen LogP contribution in [-0.4, -0.2) is 45.0 Å². The highest BCUT2D eigenvalue weighted by Crippen LogP contribution is 2.20. The number of amides is 2. The van der Waals surface area contributed by atoms with E-state index in [1.165, 1.54) is 5.56 Å². The van der Waals surface area contributed by atoms with Crippen LogP contribution < -0.4 is 10.6 Å². The lowest BCUT2D eigenvalue weighted by Gasteiger charge is -2.24. The van der Waals surface area contributed by atoms with Gasteiger partial charge in [-0.15, -0.1) is 0 Å². The fourth-order valence-corrected chi connectivity index (χ4v) is 3.68. The molecule has 5 N–H and O–H groups in total. The summed E-state index contributed by atoms with van der Waals surface area (Å²) in [7, 11) is 0. The molecule has 1 aliphatic rings. The predicted octanol–water partition coefficient (Wildman–Crippen LogP) is 1.65. The Bertz CT molecular complexity index is 900. The third-order valence-corrected chi connectivity index (χ3v) is 5.05. The summed E-state index contributed by atoms with van der Waals surface area (Å²) in [6.45, 7) is -0.108. The standard InChI is InChI=1S/C19H23N5O2/c25-11-15(7-12-9-20-18-4-2-1-3-16(12)18)23-19(26)22-14-5-6-17-13(8-14)10-21-24-17/h1-4,9-10,14-15,20,25H,5-8,11H2,(H,21,24)(H2,22,23,26). The first kappa shape index (κ1) is 16.7. The maximum absolute atomic E-state index is 12.4. The molecule has 0 fully saturated rings. The van der Waals surface area contributed by atoms with Crippen molar-refractivity contribution in [2.75, 3.05) is 6.61 Å². The zero-order chi connectivity index (χ0) is 17.9. The number of para-hydroxylation sites is 1. The van der Waals surface area contributed by atoms with Crippen molar-refractivity contribution < 1.29 is 9.90 Å². The van der Waals surface area contributed by atoms with E-state index in [1.807, 2.05) is 36.7 Å². The van der Waals surface area contributed by atoms with Crippen molar-refractivity contribution >= 4 is 16.9 Å². The van der Waals surface area contributed by atoms with Crippen molar-refractivity contribution in [3.05, 3.63) is 53.5 Å². The van der Waals surface area contributed by atoms with Gasteiger partial charge in [-0.3, -0.25) is 5.10 Å². The molecule has 3 aromatic rings. The van der Waals surface area contributed by atoms with Gasteiger partial charge in [0.15, 0.2) is 0 Å². The minimum absolute atomic E-state index is 0.0903.